The van der Waals surface area contributed by atoms with Crippen molar-refractivity contribution < 1.29 is 17.9 Å². The molecule has 7 heteroatoms. The Morgan fingerprint density at radius 2 is 1.83 bits per heavy atom. The first kappa shape index (κ1) is 17.6. The Hall–Kier alpha value is -2.80. The van der Waals surface area contributed by atoms with Gasteiger partial charge in [0.25, 0.3) is 10.0 Å². The van der Waals surface area contributed by atoms with Gasteiger partial charge in [-0.15, -0.1) is 0 Å². The third kappa shape index (κ3) is 5.13. The van der Waals surface area contributed by atoms with Gasteiger partial charge < -0.3 is 10.1 Å². The van der Waals surface area contributed by atoms with Crippen LogP contribution in [-0.4, -0.2) is 21.4 Å². The minimum absolute atomic E-state index is 0.280. The molecule has 0 aromatic heterocycles. The van der Waals surface area contributed by atoms with Crippen LogP contribution in [0.3, 0.4) is 0 Å². The lowest BCUT2D eigenvalue weighted by Crippen LogP contribution is -2.11. The molecular formula is C17H18N2O4S. The maximum Gasteiger partial charge on any atom is 0.255 e. The fraction of sp³-hybridized carbons (Fsp3) is 0.118. The minimum Gasteiger partial charge on any atom is -0.495 e. The van der Waals surface area contributed by atoms with Crippen LogP contribution >= 0.6 is 0 Å². The van der Waals surface area contributed by atoms with Crippen molar-refractivity contribution in [1.82, 2.24) is 0 Å². The van der Waals surface area contributed by atoms with Crippen molar-refractivity contribution in [3.05, 3.63) is 59.5 Å². The summed E-state index contributed by atoms with van der Waals surface area (Å²) < 4.78 is 31.9. The maximum atomic E-state index is 12.1. The molecule has 2 rings (SSSR count). The third-order valence-electron chi connectivity index (χ3n) is 3.01. The Bertz CT molecular complexity index is 846. The summed E-state index contributed by atoms with van der Waals surface area (Å²) in [5.41, 5.74) is 1.48. The molecule has 0 bridgehead atoms. The number of rotatable bonds is 6. The average Bonchev–Trinajstić information content (AvgIpc) is 2.53. The van der Waals surface area contributed by atoms with Crippen LogP contribution in [0.1, 0.15) is 12.5 Å². The Morgan fingerprint density at radius 3 is 2.46 bits per heavy atom. The van der Waals surface area contributed by atoms with Gasteiger partial charge >= 0.3 is 0 Å². The molecular weight excluding hydrogens is 328 g/mol. The monoisotopic (exact) mass is 346 g/mol. The van der Waals surface area contributed by atoms with Gasteiger partial charge in [0.05, 0.1) is 23.9 Å². The topological polar surface area (TPSA) is 84.5 Å². The van der Waals surface area contributed by atoms with E-state index in [1.54, 1.807) is 24.3 Å². The van der Waals surface area contributed by atoms with Crippen LogP contribution in [0.15, 0.2) is 53.9 Å². The molecule has 0 spiro atoms. The number of ether oxygens (including phenoxy) is 1. The van der Waals surface area contributed by atoms with Crippen molar-refractivity contribution in [2.45, 2.75) is 6.92 Å². The van der Waals surface area contributed by atoms with Crippen molar-refractivity contribution in [2.24, 2.45) is 0 Å². The standard InChI is InChI=1S/C17H18N2O4S/c1-13(20)18-16-12-15(8-9-17(16)23-2)19-24(21,22)11-10-14-6-4-3-5-7-14/h3-12,19H,1-2H3,(H,18,20)/b11-10+. The second kappa shape index (κ2) is 7.65. The molecule has 6 nitrogen and oxygen atoms in total. The van der Waals surface area contributed by atoms with Crippen LogP contribution in [0.2, 0.25) is 0 Å². The quantitative estimate of drug-likeness (QED) is 0.842. The number of carbonyl (C=O) groups excluding carboxylic acids is 1. The molecule has 0 saturated heterocycles. The molecule has 0 aliphatic rings. The van der Waals surface area contributed by atoms with E-state index in [0.29, 0.717) is 17.1 Å². The molecule has 1 amide bonds. The van der Waals surface area contributed by atoms with Gasteiger partial charge in [-0.25, -0.2) is 8.42 Å². The largest absolute Gasteiger partial charge is 0.495 e. The predicted molar refractivity (Wildman–Crippen MR) is 95.3 cm³/mol. The van der Waals surface area contributed by atoms with Crippen LogP contribution in [0.25, 0.3) is 6.08 Å². The summed E-state index contributed by atoms with van der Waals surface area (Å²) in [5, 5.41) is 3.68. The first-order valence-electron chi connectivity index (χ1n) is 7.11. The molecule has 0 aliphatic heterocycles. The number of hydrogen-bond acceptors (Lipinski definition) is 4. The normalized spacial score (nSPS) is 11.2. The fourth-order valence-electron chi connectivity index (χ4n) is 1.99. The molecule has 0 radical (unpaired) electrons. The number of amides is 1. The number of hydrogen-bond donors (Lipinski definition) is 2. The second-order valence-corrected chi connectivity index (χ2v) is 6.52. The zero-order valence-corrected chi connectivity index (χ0v) is 14.1. The van der Waals surface area contributed by atoms with Crippen LogP contribution < -0.4 is 14.8 Å². The zero-order valence-electron chi connectivity index (χ0n) is 13.3. The third-order valence-corrected chi connectivity index (χ3v) is 4.02. The van der Waals surface area contributed by atoms with Crippen LogP contribution in [0.5, 0.6) is 5.75 Å². The Labute approximate surface area is 141 Å². The summed E-state index contributed by atoms with van der Waals surface area (Å²) in [6.07, 6.45) is 1.50. The predicted octanol–water partition coefficient (Wildman–Crippen LogP) is 3.07. The van der Waals surface area contributed by atoms with Gasteiger partial charge in [0, 0.05) is 6.92 Å². The van der Waals surface area contributed by atoms with Crippen molar-refractivity contribution in [1.29, 1.82) is 0 Å². The number of anilines is 2. The molecule has 2 aromatic rings. The number of benzene rings is 2. The molecule has 0 saturated carbocycles. The van der Waals surface area contributed by atoms with E-state index in [-0.39, 0.29) is 5.91 Å². The highest BCUT2D eigenvalue weighted by Gasteiger charge is 2.10. The van der Waals surface area contributed by atoms with Crippen molar-refractivity contribution in [3.63, 3.8) is 0 Å². The van der Waals surface area contributed by atoms with Crippen molar-refractivity contribution in [2.75, 3.05) is 17.1 Å². The summed E-state index contributed by atoms with van der Waals surface area (Å²) in [7, 11) is -2.22. The van der Waals surface area contributed by atoms with Crippen LogP contribution in [0, 0.1) is 0 Å². The number of methoxy groups -OCH3 is 1. The van der Waals surface area contributed by atoms with E-state index in [4.69, 9.17) is 4.74 Å². The van der Waals surface area contributed by atoms with E-state index >= 15 is 0 Å². The molecule has 0 heterocycles. The first-order valence-corrected chi connectivity index (χ1v) is 8.66. The summed E-state index contributed by atoms with van der Waals surface area (Å²) in [4.78, 5) is 11.2. The Morgan fingerprint density at radius 1 is 1.12 bits per heavy atom. The fourth-order valence-corrected chi connectivity index (χ4v) is 2.85. The molecule has 0 aliphatic carbocycles. The van der Waals surface area contributed by atoms with E-state index in [1.165, 1.54) is 26.2 Å². The highest BCUT2D eigenvalue weighted by molar-refractivity contribution is 7.95. The van der Waals surface area contributed by atoms with Crippen LogP contribution in [-0.2, 0) is 14.8 Å². The molecule has 0 atom stereocenters. The summed E-state index contributed by atoms with van der Waals surface area (Å²) in [6, 6.07) is 13.7. The van der Waals surface area contributed by atoms with E-state index in [9.17, 15) is 13.2 Å². The highest BCUT2D eigenvalue weighted by atomic mass is 32.2. The Balaban J connectivity index is 2.20. The summed E-state index contributed by atoms with van der Waals surface area (Å²) >= 11 is 0. The van der Waals surface area contributed by atoms with Gasteiger partial charge in [-0.1, -0.05) is 30.3 Å². The number of nitrogens with one attached hydrogen (secondary N) is 2. The minimum atomic E-state index is -3.68. The number of sulfonamides is 1. The molecule has 0 unspecified atom stereocenters. The first-order chi connectivity index (χ1) is 11.4. The van der Waals surface area contributed by atoms with Gasteiger partial charge in [0.2, 0.25) is 5.91 Å². The molecule has 24 heavy (non-hydrogen) atoms. The lowest BCUT2D eigenvalue weighted by Gasteiger charge is -2.11. The van der Waals surface area contributed by atoms with Gasteiger partial charge in [0.15, 0.2) is 0 Å². The lowest BCUT2D eigenvalue weighted by molar-refractivity contribution is -0.114. The summed E-state index contributed by atoms with van der Waals surface area (Å²) in [5.74, 6) is 0.158. The van der Waals surface area contributed by atoms with Crippen molar-refractivity contribution >= 4 is 33.4 Å². The number of carbonyl (C=O) groups is 1. The van der Waals surface area contributed by atoms with Gasteiger partial charge in [-0.3, -0.25) is 9.52 Å². The maximum absolute atomic E-state index is 12.1. The van der Waals surface area contributed by atoms with Gasteiger partial charge in [-0.2, -0.15) is 0 Å². The van der Waals surface area contributed by atoms with Crippen molar-refractivity contribution in [3.8, 4) is 5.75 Å². The SMILES string of the molecule is COc1ccc(NS(=O)(=O)/C=C/c2ccccc2)cc1NC(C)=O. The second-order valence-electron chi connectivity index (χ2n) is 4.96. The van der Waals surface area contributed by atoms with E-state index in [0.717, 1.165) is 11.0 Å². The zero-order chi connectivity index (χ0) is 17.6. The lowest BCUT2D eigenvalue weighted by atomic mass is 10.2. The molecule has 0 fully saturated rings. The van der Waals surface area contributed by atoms with E-state index in [1.807, 2.05) is 18.2 Å². The van der Waals surface area contributed by atoms with Crippen LogP contribution in [0.4, 0.5) is 11.4 Å². The van der Waals surface area contributed by atoms with Gasteiger partial charge in [0.1, 0.15) is 5.75 Å². The molecule has 2 aromatic carbocycles. The smallest absolute Gasteiger partial charge is 0.255 e. The van der Waals surface area contributed by atoms with E-state index in [2.05, 4.69) is 10.0 Å². The van der Waals surface area contributed by atoms with Gasteiger partial charge in [-0.05, 0) is 29.8 Å². The average molecular weight is 346 g/mol. The van der Waals surface area contributed by atoms with E-state index < -0.39 is 10.0 Å². The molecule has 126 valence electrons. The Kier molecular flexibility index (Phi) is 5.59. The highest BCUT2D eigenvalue weighted by Crippen LogP contribution is 2.28. The summed E-state index contributed by atoms with van der Waals surface area (Å²) in [6.45, 7) is 1.36. The molecule has 2 N–H and O–H groups in total.